The van der Waals surface area contributed by atoms with E-state index in [1.165, 1.54) is 12.1 Å². The number of halogens is 3. The number of aromatic nitrogens is 1. The van der Waals surface area contributed by atoms with Crippen molar-refractivity contribution in [3.8, 4) is 11.8 Å². The third-order valence-electron chi connectivity index (χ3n) is 13.1. The molecule has 6 heterocycles. The van der Waals surface area contributed by atoms with Crippen molar-refractivity contribution in [2.45, 2.75) is 70.0 Å². The molecule has 5 aliphatic heterocycles. The molecule has 0 radical (unpaired) electrons. The average molecular weight is 855 g/mol. The molecule has 5 amide bonds. The number of nitriles is 1. The van der Waals surface area contributed by atoms with Crippen LogP contribution in [0.1, 0.15) is 89.6 Å². The number of alkyl halides is 3. The summed E-state index contributed by atoms with van der Waals surface area (Å²) in [5.74, 6) is -0.337. The fourth-order valence-electron chi connectivity index (χ4n) is 9.42. The van der Waals surface area contributed by atoms with E-state index in [4.69, 9.17) is 10.00 Å². The molecule has 62 heavy (non-hydrogen) atoms. The third-order valence-corrected chi connectivity index (χ3v) is 13.1. The van der Waals surface area contributed by atoms with Crippen LogP contribution in [-0.2, 0) is 20.6 Å². The van der Waals surface area contributed by atoms with Gasteiger partial charge in [-0.2, -0.15) is 18.4 Å². The number of fused-ring (bicyclic) bond motifs is 1. The zero-order chi connectivity index (χ0) is 43.5. The summed E-state index contributed by atoms with van der Waals surface area (Å²) in [6, 6.07) is 13.1. The lowest BCUT2D eigenvalue weighted by Gasteiger charge is -2.38. The van der Waals surface area contributed by atoms with Crippen molar-refractivity contribution in [2.75, 3.05) is 67.5 Å². The molecule has 5 aliphatic rings. The number of hydrogen-bond acceptors (Lipinski definition) is 11. The molecule has 1 unspecified atom stereocenters. The molecule has 0 saturated carbocycles. The zero-order valence-electron chi connectivity index (χ0n) is 34.3. The summed E-state index contributed by atoms with van der Waals surface area (Å²) in [5, 5.41) is 14.2. The molecule has 17 heteroatoms. The Hall–Kier alpha value is -6.02. The first-order valence-electron chi connectivity index (χ1n) is 21.4. The first-order chi connectivity index (χ1) is 29.8. The van der Waals surface area contributed by atoms with Crippen molar-refractivity contribution < 1.29 is 41.9 Å². The quantitative estimate of drug-likeness (QED) is 0.230. The number of hydrogen-bond donors (Lipinski definition) is 2. The van der Waals surface area contributed by atoms with Gasteiger partial charge in [-0.3, -0.25) is 34.2 Å². The Balaban J connectivity index is 0.712. The Morgan fingerprint density at radius 1 is 0.823 bits per heavy atom. The molecule has 1 atom stereocenters. The van der Waals surface area contributed by atoms with Gasteiger partial charge in [-0.25, -0.2) is 4.98 Å². The van der Waals surface area contributed by atoms with Crippen molar-refractivity contribution in [1.29, 1.82) is 5.26 Å². The van der Waals surface area contributed by atoms with Gasteiger partial charge in [-0.15, -0.1) is 0 Å². The van der Waals surface area contributed by atoms with Gasteiger partial charge >= 0.3 is 6.18 Å². The van der Waals surface area contributed by atoms with Crippen LogP contribution in [0.4, 0.5) is 30.4 Å². The fourth-order valence-corrected chi connectivity index (χ4v) is 9.42. The van der Waals surface area contributed by atoms with Gasteiger partial charge < -0.3 is 24.8 Å². The van der Waals surface area contributed by atoms with Crippen LogP contribution in [0.25, 0.3) is 0 Å². The van der Waals surface area contributed by atoms with Crippen LogP contribution in [0.3, 0.4) is 0 Å². The van der Waals surface area contributed by atoms with Gasteiger partial charge in [0, 0.05) is 56.4 Å². The molecule has 14 nitrogen and oxygen atoms in total. The number of carbonyl (C=O) groups is 5. The topological polar surface area (TPSA) is 168 Å². The van der Waals surface area contributed by atoms with Crippen LogP contribution in [0.5, 0.6) is 5.75 Å². The lowest BCUT2D eigenvalue weighted by Crippen LogP contribution is -2.54. The van der Waals surface area contributed by atoms with Gasteiger partial charge in [0.1, 0.15) is 17.6 Å². The van der Waals surface area contributed by atoms with E-state index in [1.807, 2.05) is 6.07 Å². The average Bonchev–Trinajstić information content (AvgIpc) is 3.52. The molecule has 326 valence electrons. The third kappa shape index (κ3) is 9.40. The van der Waals surface area contributed by atoms with E-state index in [-0.39, 0.29) is 30.2 Å². The number of piperidine rings is 4. The summed E-state index contributed by atoms with van der Waals surface area (Å²) in [7, 11) is 0. The van der Waals surface area contributed by atoms with E-state index in [2.05, 4.69) is 25.4 Å². The zero-order valence-corrected chi connectivity index (χ0v) is 34.3. The molecular weight excluding hydrogens is 806 g/mol. The van der Waals surface area contributed by atoms with Gasteiger partial charge in [0.25, 0.3) is 11.8 Å². The van der Waals surface area contributed by atoms with E-state index in [9.17, 15) is 37.1 Å². The molecule has 4 saturated heterocycles. The molecular formula is C45H49F3N8O6. The molecule has 1 aromatic heterocycles. The number of nitrogens with zero attached hydrogens (tertiary/aromatic N) is 6. The predicted molar refractivity (Wildman–Crippen MR) is 221 cm³/mol. The van der Waals surface area contributed by atoms with Crippen LogP contribution in [0.15, 0.2) is 54.7 Å². The first-order valence-corrected chi connectivity index (χ1v) is 21.4. The summed E-state index contributed by atoms with van der Waals surface area (Å²) in [6.07, 6.45) is 3.30. The van der Waals surface area contributed by atoms with Crippen LogP contribution in [0, 0.1) is 29.1 Å². The van der Waals surface area contributed by atoms with Crippen LogP contribution < -0.4 is 25.2 Å². The van der Waals surface area contributed by atoms with Gasteiger partial charge in [0.05, 0.1) is 41.1 Å². The van der Waals surface area contributed by atoms with Crippen molar-refractivity contribution in [3.05, 3.63) is 77.0 Å². The molecule has 2 aromatic carbocycles. The lowest BCUT2D eigenvalue weighted by atomic mass is 9.91. The standard InChI is InChI=1S/C45H49F3N8O6/c46-45(47,48)37-24-33(2-1-31(37)25-49)55-20-13-30(14-21-55)41(58)51-39-7-4-34(26-50-39)62-22-15-28-9-16-53(17-10-28)27-29-11-18-54(19-12-29)32-3-5-35-36(23-32)44(61)56(43(35)60)38-6-8-40(57)52-42(38)59/h1-5,7,23-24,26,28-30,38H,6,8-22,27H2,(H,50,51,58)(H,52,57,59). The Labute approximate surface area is 357 Å². The SMILES string of the molecule is N#Cc1ccc(N2CCC(C(=O)Nc3ccc(OCCC4CCN(CC5CCN(c6ccc7c(c6)C(=O)N(C6CCC(=O)NC6=O)C7=O)CC5)CC4)cn3)CC2)cc1C(F)(F)F. The Morgan fingerprint density at radius 3 is 2.15 bits per heavy atom. The van der Waals surface area contributed by atoms with Crippen LogP contribution >= 0.6 is 0 Å². The highest BCUT2D eigenvalue weighted by atomic mass is 19.4. The predicted octanol–water partition coefficient (Wildman–Crippen LogP) is 5.63. The molecule has 0 aliphatic carbocycles. The molecule has 2 N–H and O–H groups in total. The largest absolute Gasteiger partial charge is 0.492 e. The van der Waals surface area contributed by atoms with E-state index >= 15 is 0 Å². The number of benzene rings is 2. The number of rotatable bonds is 11. The normalized spacial score (nSPS) is 20.9. The number of amides is 5. The minimum atomic E-state index is -4.63. The highest BCUT2D eigenvalue weighted by molar-refractivity contribution is 6.23. The minimum Gasteiger partial charge on any atom is -0.492 e. The number of nitrogens with one attached hydrogen (secondary N) is 2. The van der Waals surface area contributed by atoms with Crippen molar-refractivity contribution >= 4 is 46.7 Å². The van der Waals surface area contributed by atoms with Crippen LogP contribution in [-0.4, -0.2) is 103 Å². The molecule has 0 bridgehead atoms. The highest BCUT2D eigenvalue weighted by Gasteiger charge is 2.45. The Morgan fingerprint density at radius 2 is 1.48 bits per heavy atom. The van der Waals surface area contributed by atoms with Crippen molar-refractivity contribution in [1.82, 2.24) is 20.1 Å². The second-order valence-corrected chi connectivity index (χ2v) is 17.0. The summed E-state index contributed by atoms with van der Waals surface area (Å²) in [5.41, 5.74) is 0.486. The maximum absolute atomic E-state index is 13.5. The van der Waals surface area contributed by atoms with Crippen molar-refractivity contribution in [2.24, 2.45) is 17.8 Å². The highest BCUT2D eigenvalue weighted by Crippen LogP contribution is 2.36. The number of pyridine rings is 1. The number of ether oxygens (including phenoxy) is 1. The van der Waals surface area contributed by atoms with E-state index in [1.54, 1.807) is 41.4 Å². The smallest absolute Gasteiger partial charge is 0.417 e. The maximum Gasteiger partial charge on any atom is 0.417 e. The number of anilines is 3. The number of imide groups is 2. The summed E-state index contributed by atoms with van der Waals surface area (Å²) < 4.78 is 46.4. The Kier molecular flexibility index (Phi) is 12.5. The number of carbonyl (C=O) groups excluding carboxylic acids is 5. The lowest BCUT2D eigenvalue weighted by molar-refractivity contribution is -0.138. The van der Waals surface area contributed by atoms with E-state index in [0.717, 1.165) is 81.5 Å². The summed E-state index contributed by atoms with van der Waals surface area (Å²) in [4.78, 5) is 75.4. The molecule has 3 aromatic rings. The molecule has 0 spiro atoms. The fraction of sp³-hybridized carbons (Fsp3) is 0.489. The maximum atomic E-state index is 13.5. The van der Waals surface area contributed by atoms with Gasteiger partial charge in [0.2, 0.25) is 17.7 Å². The second kappa shape index (κ2) is 18.1. The summed E-state index contributed by atoms with van der Waals surface area (Å²) >= 11 is 0. The molecule has 4 fully saturated rings. The molecule has 8 rings (SSSR count). The number of likely N-dealkylation sites (tertiary alicyclic amines) is 1. The second-order valence-electron chi connectivity index (χ2n) is 17.0. The monoisotopic (exact) mass is 854 g/mol. The van der Waals surface area contributed by atoms with E-state index < -0.39 is 47.0 Å². The first kappa shape index (κ1) is 42.7. The van der Waals surface area contributed by atoms with Gasteiger partial charge in [-0.1, -0.05) is 0 Å². The van der Waals surface area contributed by atoms with Gasteiger partial charge in [-0.05, 0) is 125 Å². The summed E-state index contributed by atoms with van der Waals surface area (Å²) in [6.45, 7) is 6.21. The van der Waals surface area contributed by atoms with Crippen molar-refractivity contribution in [3.63, 3.8) is 0 Å². The van der Waals surface area contributed by atoms with Gasteiger partial charge in [0.15, 0.2) is 0 Å². The Bertz CT molecular complexity index is 2240. The minimum absolute atomic E-state index is 0.0839. The van der Waals surface area contributed by atoms with E-state index in [0.29, 0.717) is 67.2 Å². The van der Waals surface area contributed by atoms with Crippen LogP contribution in [0.2, 0.25) is 0 Å².